The largest absolute Gasteiger partial charge is 0.415 e. The summed E-state index contributed by atoms with van der Waals surface area (Å²) >= 11 is 7.76. The first-order chi connectivity index (χ1) is 22.5. The molecule has 13 heteroatoms. The molecular formula is C35H49ClFN7O2SSi. The van der Waals surface area contributed by atoms with Crippen LogP contribution in [0.5, 0.6) is 0 Å². The van der Waals surface area contributed by atoms with E-state index in [1.807, 2.05) is 6.07 Å². The number of carbonyl (C=O) groups excluding carboxylic acids is 1. The van der Waals surface area contributed by atoms with Crippen molar-refractivity contribution >= 4 is 54.8 Å². The monoisotopic (exact) mass is 713 g/mol. The number of aromatic nitrogens is 3. The molecule has 260 valence electrons. The Hall–Kier alpha value is -2.61. The van der Waals surface area contributed by atoms with Crippen molar-refractivity contribution in [2.75, 3.05) is 50.5 Å². The number of halogens is 2. The van der Waals surface area contributed by atoms with Gasteiger partial charge in [0.05, 0.1) is 11.4 Å². The van der Waals surface area contributed by atoms with E-state index in [1.165, 1.54) is 12.1 Å². The van der Waals surface area contributed by atoms with Gasteiger partial charge in [-0.2, -0.15) is 0 Å². The van der Waals surface area contributed by atoms with Crippen molar-refractivity contribution in [3.05, 3.63) is 53.4 Å². The molecule has 1 aliphatic heterocycles. The van der Waals surface area contributed by atoms with Crippen molar-refractivity contribution < 1.29 is 13.6 Å². The molecule has 3 aromatic rings. The van der Waals surface area contributed by atoms with Crippen molar-refractivity contribution in [2.24, 2.45) is 5.92 Å². The molecule has 1 aliphatic carbocycles. The van der Waals surface area contributed by atoms with Gasteiger partial charge in [-0.3, -0.25) is 9.69 Å². The van der Waals surface area contributed by atoms with Gasteiger partial charge >= 0.3 is 0 Å². The molecule has 0 unspecified atom stereocenters. The van der Waals surface area contributed by atoms with Crippen molar-refractivity contribution in [3.63, 3.8) is 0 Å². The van der Waals surface area contributed by atoms with Crippen LogP contribution in [0.3, 0.4) is 0 Å². The Morgan fingerprint density at radius 3 is 2.46 bits per heavy atom. The molecule has 2 aliphatic rings. The highest BCUT2D eigenvalue weighted by atomic mass is 35.5. The fourth-order valence-corrected chi connectivity index (χ4v) is 7.85. The molecule has 0 radical (unpaired) electrons. The molecular weight excluding hydrogens is 665 g/mol. The molecule has 2 aromatic heterocycles. The second kappa shape index (κ2) is 14.7. The lowest BCUT2D eigenvalue weighted by atomic mass is 9.78. The summed E-state index contributed by atoms with van der Waals surface area (Å²) in [5.74, 6) is -0.00293. The Labute approximate surface area is 294 Å². The number of amides is 1. The number of hydrogen-bond donors (Lipinski definition) is 2. The summed E-state index contributed by atoms with van der Waals surface area (Å²) in [6.45, 7) is 20.2. The van der Waals surface area contributed by atoms with Gasteiger partial charge in [0.15, 0.2) is 8.32 Å². The van der Waals surface area contributed by atoms with Crippen LogP contribution in [-0.2, 0) is 9.22 Å². The zero-order valence-electron chi connectivity index (χ0n) is 29.4. The maximum Gasteiger partial charge on any atom is 0.228 e. The summed E-state index contributed by atoms with van der Waals surface area (Å²) in [6, 6.07) is 10.2. The Morgan fingerprint density at radius 1 is 1.06 bits per heavy atom. The highest BCUT2D eigenvalue weighted by Crippen LogP contribution is 2.42. The number of benzene rings is 1. The molecule has 5 rings (SSSR count). The van der Waals surface area contributed by atoms with Crippen molar-refractivity contribution in [1.82, 2.24) is 25.0 Å². The van der Waals surface area contributed by atoms with Crippen LogP contribution in [-0.4, -0.2) is 89.8 Å². The zero-order valence-corrected chi connectivity index (χ0v) is 31.9. The summed E-state index contributed by atoms with van der Waals surface area (Å²) in [7, 11) is 0.175. The highest BCUT2D eigenvalue weighted by Gasteiger charge is 2.40. The number of piperazine rings is 1. The zero-order chi connectivity index (χ0) is 34.9. The van der Waals surface area contributed by atoms with E-state index in [1.54, 1.807) is 36.2 Å². The average Bonchev–Trinajstić information content (AvgIpc) is 2.98. The number of anilines is 3. The number of carbonyl (C=O) groups is 1. The molecule has 1 amide bonds. The molecule has 0 atom stereocenters. The molecule has 1 saturated carbocycles. The third-order valence-corrected chi connectivity index (χ3v) is 15.6. The third-order valence-electron chi connectivity index (χ3n) is 9.75. The van der Waals surface area contributed by atoms with Gasteiger partial charge in [-0.25, -0.2) is 9.37 Å². The molecule has 0 spiro atoms. The normalized spacial score (nSPS) is 19.5. The van der Waals surface area contributed by atoms with Crippen LogP contribution in [0.4, 0.5) is 21.6 Å². The molecule has 48 heavy (non-hydrogen) atoms. The van der Waals surface area contributed by atoms with E-state index in [2.05, 4.69) is 90.4 Å². The van der Waals surface area contributed by atoms with Gasteiger partial charge < -0.3 is 20.0 Å². The van der Waals surface area contributed by atoms with Crippen molar-refractivity contribution in [3.8, 4) is 11.3 Å². The van der Waals surface area contributed by atoms with Crippen molar-refractivity contribution in [1.29, 1.82) is 0 Å². The lowest BCUT2D eigenvalue weighted by Crippen LogP contribution is -2.54. The second-order valence-electron chi connectivity index (χ2n) is 15.2. The van der Waals surface area contributed by atoms with E-state index in [9.17, 15) is 9.18 Å². The van der Waals surface area contributed by atoms with E-state index in [0.29, 0.717) is 45.6 Å². The van der Waals surface area contributed by atoms with Crippen LogP contribution in [0.1, 0.15) is 47.5 Å². The van der Waals surface area contributed by atoms with Crippen LogP contribution < -0.4 is 10.6 Å². The van der Waals surface area contributed by atoms with Crippen LogP contribution in [0.2, 0.25) is 23.2 Å². The first-order valence-corrected chi connectivity index (χ1v) is 20.7. The number of nitrogens with one attached hydrogen (secondary N) is 2. The van der Waals surface area contributed by atoms with Gasteiger partial charge in [-0.1, -0.05) is 44.1 Å². The topological polar surface area (TPSA) is 95.5 Å². The van der Waals surface area contributed by atoms with Gasteiger partial charge in [0.1, 0.15) is 16.7 Å². The van der Waals surface area contributed by atoms with E-state index in [4.69, 9.17) is 16.0 Å². The standard InChI is InChI=1S/C35H49ClFN7O2SSi/c1-34(2,3)48(7,8)46-22-35(4,5)47-33-30(21-29(41-42-33)27-19-24(36)9-10-28(27)37)39-25-11-12-38-31(20-25)40-32(45)23-17-26(18-23)44-15-13-43(6)14-16-44/h9-12,19-21,23,26H,13-18,22H2,1-8H3,(H2,38,39,40,41,45). The summed E-state index contributed by atoms with van der Waals surface area (Å²) in [5, 5.41) is 16.6. The van der Waals surface area contributed by atoms with Gasteiger partial charge in [0.25, 0.3) is 0 Å². The number of hydrogen-bond acceptors (Lipinski definition) is 9. The first kappa shape index (κ1) is 36.7. The smallest absolute Gasteiger partial charge is 0.228 e. The molecule has 3 heterocycles. The molecule has 0 bridgehead atoms. The number of likely N-dealkylation sites (N-methyl/N-ethyl adjacent to an activating group) is 1. The molecule has 1 aromatic carbocycles. The van der Waals surface area contributed by atoms with Crippen molar-refractivity contribution in [2.45, 2.75) is 81.4 Å². The summed E-state index contributed by atoms with van der Waals surface area (Å²) in [6.07, 6.45) is 3.39. The van der Waals surface area contributed by atoms with Crippen LogP contribution in [0.15, 0.2) is 47.6 Å². The Bertz CT molecular complexity index is 1610. The molecule has 1 saturated heterocycles. The van der Waals surface area contributed by atoms with Crippen LogP contribution in [0.25, 0.3) is 11.3 Å². The summed E-state index contributed by atoms with van der Waals surface area (Å²) < 4.78 is 21.1. The SMILES string of the molecule is CN1CCN(C2CC(C(=O)Nc3cc(Nc4cc(-c5cc(Cl)ccc5F)nnc4SC(C)(C)CO[Si](C)(C)C(C)(C)C)ccn3)C2)CC1. The van der Waals surface area contributed by atoms with Crippen LogP contribution in [0, 0.1) is 11.7 Å². The summed E-state index contributed by atoms with van der Waals surface area (Å²) in [5.41, 5.74) is 1.95. The minimum atomic E-state index is -1.98. The fraction of sp³-hybridized carbons (Fsp3) is 0.543. The molecule has 2 N–H and O–H groups in total. The van der Waals surface area contributed by atoms with Crippen LogP contribution >= 0.6 is 23.4 Å². The van der Waals surface area contributed by atoms with E-state index >= 15 is 0 Å². The van der Waals surface area contributed by atoms with Gasteiger partial charge in [0.2, 0.25) is 5.91 Å². The maximum absolute atomic E-state index is 14.9. The number of rotatable bonds is 11. The quantitative estimate of drug-likeness (QED) is 0.152. The number of nitrogens with zero attached hydrogens (tertiary/aromatic N) is 5. The average molecular weight is 714 g/mol. The number of pyridine rings is 1. The maximum atomic E-state index is 14.9. The van der Waals surface area contributed by atoms with E-state index in [-0.39, 0.29) is 27.2 Å². The van der Waals surface area contributed by atoms with Gasteiger partial charge in [0, 0.05) is 78.0 Å². The molecule has 2 fully saturated rings. The Morgan fingerprint density at radius 2 is 1.77 bits per heavy atom. The Balaban J connectivity index is 1.32. The lowest BCUT2D eigenvalue weighted by Gasteiger charge is -2.45. The highest BCUT2D eigenvalue weighted by molar-refractivity contribution is 8.00. The number of thioether (sulfide) groups is 1. The third kappa shape index (κ3) is 9.13. The first-order valence-electron chi connectivity index (χ1n) is 16.6. The molecule has 9 nitrogen and oxygen atoms in total. The van der Waals surface area contributed by atoms with Gasteiger partial charge in [-0.15, -0.1) is 10.2 Å². The minimum absolute atomic E-state index is 0.00551. The van der Waals surface area contributed by atoms with E-state index < -0.39 is 14.1 Å². The predicted molar refractivity (Wildman–Crippen MR) is 197 cm³/mol. The second-order valence-corrected chi connectivity index (χ2v) is 22.1. The fourth-order valence-electron chi connectivity index (χ4n) is 5.48. The predicted octanol–water partition coefficient (Wildman–Crippen LogP) is 7.93. The summed E-state index contributed by atoms with van der Waals surface area (Å²) in [4.78, 5) is 22.4. The Kier molecular flexibility index (Phi) is 11.2. The van der Waals surface area contributed by atoms with Gasteiger partial charge in [-0.05, 0) is 82.2 Å². The minimum Gasteiger partial charge on any atom is -0.415 e. The lowest BCUT2D eigenvalue weighted by molar-refractivity contribution is -0.124. The van der Waals surface area contributed by atoms with E-state index in [0.717, 1.165) is 39.0 Å².